The largest absolute Gasteiger partial charge is 0.320 e. The number of carbonyl (C=O) groups excluding carboxylic acids is 1. The molecule has 0 saturated carbocycles. The molecule has 7 heteroatoms. The third kappa shape index (κ3) is 4.10. The van der Waals surface area contributed by atoms with Crippen molar-refractivity contribution in [1.82, 2.24) is 4.90 Å². The Labute approximate surface area is 104 Å². The summed E-state index contributed by atoms with van der Waals surface area (Å²) in [5.41, 5.74) is -0.446. The van der Waals surface area contributed by atoms with Gasteiger partial charge < -0.3 is 10.2 Å². The van der Waals surface area contributed by atoms with Gasteiger partial charge in [0.25, 0.3) is 5.69 Å². The number of amides is 1. The summed E-state index contributed by atoms with van der Waals surface area (Å²) in [6.45, 7) is 0.509. The van der Waals surface area contributed by atoms with Gasteiger partial charge >= 0.3 is 0 Å². The molecule has 0 radical (unpaired) electrons. The number of carbonyl (C=O) groups is 1. The fourth-order valence-corrected chi connectivity index (χ4v) is 1.31. The van der Waals surface area contributed by atoms with Gasteiger partial charge in [0.2, 0.25) is 5.91 Å². The summed E-state index contributed by atoms with van der Waals surface area (Å²) in [6.07, 6.45) is 0.181. The van der Waals surface area contributed by atoms with Crippen LogP contribution in [-0.2, 0) is 4.79 Å². The monoisotopic (exact) mass is 255 g/mol. The van der Waals surface area contributed by atoms with Crippen molar-refractivity contribution in [3.05, 3.63) is 34.1 Å². The van der Waals surface area contributed by atoms with Gasteiger partial charge in [-0.05, 0) is 20.2 Å². The smallest absolute Gasteiger partial charge is 0.292 e. The first-order valence-electron chi connectivity index (χ1n) is 5.28. The molecular formula is C11H14FN3O3. The molecule has 1 amide bonds. The zero-order chi connectivity index (χ0) is 13.7. The van der Waals surface area contributed by atoms with Crippen molar-refractivity contribution in [3.8, 4) is 0 Å². The highest BCUT2D eigenvalue weighted by molar-refractivity contribution is 5.93. The topological polar surface area (TPSA) is 75.5 Å². The molecule has 18 heavy (non-hydrogen) atoms. The molecule has 98 valence electrons. The minimum atomic E-state index is -0.666. The van der Waals surface area contributed by atoms with Gasteiger partial charge in [0.15, 0.2) is 0 Å². The number of hydrogen-bond acceptors (Lipinski definition) is 4. The van der Waals surface area contributed by atoms with Crippen LogP contribution >= 0.6 is 0 Å². The third-order valence-corrected chi connectivity index (χ3v) is 2.22. The predicted molar refractivity (Wildman–Crippen MR) is 64.9 cm³/mol. The van der Waals surface area contributed by atoms with Crippen LogP contribution in [0.3, 0.4) is 0 Å². The summed E-state index contributed by atoms with van der Waals surface area (Å²) in [7, 11) is 3.61. The minimum Gasteiger partial charge on any atom is -0.320 e. The molecule has 0 unspecified atom stereocenters. The summed E-state index contributed by atoms with van der Waals surface area (Å²) < 4.78 is 13.0. The van der Waals surface area contributed by atoms with E-state index in [0.717, 1.165) is 18.2 Å². The second-order valence-corrected chi connectivity index (χ2v) is 4.02. The first-order chi connectivity index (χ1) is 8.40. The lowest BCUT2D eigenvalue weighted by Gasteiger charge is -2.09. The molecule has 0 fully saturated rings. The van der Waals surface area contributed by atoms with Crippen molar-refractivity contribution in [3.63, 3.8) is 0 Å². The first-order valence-corrected chi connectivity index (χ1v) is 5.28. The van der Waals surface area contributed by atoms with Crippen molar-refractivity contribution >= 4 is 17.3 Å². The molecular weight excluding hydrogens is 241 g/mol. The van der Waals surface area contributed by atoms with Gasteiger partial charge in [0, 0.05) is 25.1 Å². The molecule has 0 aliphatic rings. The van der Waals surface area contributed by atoms with E-state index in [9.17, 15) is 19.3 Å². The quantitative estimate of drug-likeness (QED) is 0.640. The lowest BCUT2D eigenvalue weighted by molar-refractivity contribution is -0.384. The van der Waals surface area contributed by atoms with Gasteiger partial charge in [-0.1, -0.05) is 0 Å². The van der Waals surface area contributed by atoms with Gasteiger partial charge in [0.1, 0.15) is 11.5 Å². The number of nitro groups is 1. The van der Waals surface area contributed by atoms with Crippen molar-refractivity contribution in [2.45, 2.75) is 6.42 Å². The van der Waals surface area contributed by atoms with E-state index in [2.05, 4.69) is 5.32 Å². The van der Waals surface area contributed by atoms with Gasteiger partial charge in [0.05, 0.1) is 4.92 Å². The second kappa shape index (κ2) is 6.06. The van der Waals surface area contributed by atoms with Crippen molar-refractivity contribution in [1.29, 1.82) is 0 Å². The fourth-order valence-electron chi connectivity index (χ4n) is 1.31. The van der Waals surface area contributed by atoms with E-state index in [1.165, 1.54) is 0 Å². The Morgan fingerprint density at radius 2 is 2.17 bits per heavy atom. The van der Waals surface area contributed by atoms with Crippen LogP contribution in [0.1, 0.15) is 6.42 Å². The van der Waals surface area contributed by atoms with Gasteiger partial charge in [-0.2, -0.15) is 0 Å². The van der Waals surface area contributed by atoms with E-state index in [0.29, 0.717) is 6.54 Å². The average molecular weight is 255 g/mol. The van der Waals surface area contributed by atoms with E-state index in [1.54, 1.807) is 19.0 Å². The molecule has 0 aliphatic carbocycles. The van der Waals surface area contributed by atoms with Crippen LogP contribution in [0.15, 0.2) is 18.2 Å². The lowest BCUT2D eigenvalue weighted by atomic mass is 10.2. The minimum absolute atomic E-state index is 0.122. The van der Waals surface area contributed by atoms with Crippen molar-refractivity contribution in [2.24, 2.45) is 0 Å². The Hall–Kier alpha value is -2.02. The van der Waals surface area contributed by atoms with Gasteiger partial charge in [-0.25, -0.2) is 4.39 Å². The fraction of sp³-hybridized carbons (Fsp3) is 0.364. The van der Waals surface area contributed by atoms with E-state index >= 15 is 0 Å². The van der Waals surface area contributed by atoms with Crippen LogP contribution in [0.25, 0.3) is 0 Å². The summed E-state index contributed by atoms with van der Waals surface area (Å²) in [4.78, 5) is 23.4. The Balaban J connectivity index is 2.79. The maximum absolute atomic E-state index is 13.0. The van der Waals surface area contributed by atoms with E-state index in [1.807, 2.05) is 0 Å². The molecule has 0 saturated heterocycles. The lowest BCUT2D eigenvalue weighted by Crippen LogP contribution is -2.21. The summed E-state index contributed by atoms with van der Waals surface area (Å²) in [5.74, 6) is -1.03. The number of rotatable bonds is 5. The van der Waals surface area contributed by atoms with E-state index in [4.69, 9.17) is 0 Å². The molecule has 1 N–H and O–H groups in total. The summed E-state index contributed by atoms with van der Waals surface area (Å²) in [6, 6.07) is 2.94. The Morgan fingerprint density at radius 1 is 1.50 bits per heavy atom. The molecule has 0 heterocycles. The Kier molecular flexibility index (Phi) is 4.73. The molecule has 0 aromatic heterocycles. The van der Waals surface area contributed by atoms with Gasteiger partial charge in [-0.15, -0.1) is 0 Å². The predicted octanol–water partition coefficient (Wildman–Crippen LogP) is 1.62. The molecule has 0 atom stereocenters. The number of anilines is 1. The molecule has 0 aliphatic heterocycles. The zero-order valence-electron chi connectivity index (χ0n) is 10.1. The number of nitrogens with zero attached hydrogens (tertiary/aromatic N) is 2. The molecule has 1 aromatic rings. The van der Waals surface area contributed by atoms with Crippen LogP contribution in [0.5, 0.6) is 0 Å². The Morgan fingerprint density at radius 3 is 2.72 bits per heavy atom. The number of hydrogen-bond donors (Lipinski definition) is 1. The molecule has 6 nitrogen and oxygen atoms in total. The van der Waals surface area contributed by atoms with Crippen LogP contribution in [-0.4, -0.2) is 36.4 Å². The van der Waals surface area contributed by atoms with Gasteiger partial charge in [-0.3, -0.25) is 14.9 Å². The summed E-state index contributed by atoms with van der Waals surface area (Å²) in [5, 5.41) is 13.0. The van der Waals surface area contributed by atoms with Crippen LogP contribution in [0.4, 0.5) is 15.8 Å². The second-order valence-electron chi connectivity index (χ2n) is 4.02. The van der Waals surface area contributed by atoms with Crippen LogP contribution < -0.4 is 5.32 Å². The van der Waals surface area contributed by atoms with Crippen LogP contribution in [0, 0.1) is 15.9 Å². The normalized spacial score (nSPS) is 10.4. The highest BCUT2D eigenvalue weighted by Gasteiger charge is 2.16. The van der Waals surface area contributed by atoms with Crippen molar-refractivity contribution in [2.75, 3.05) is 26.0 Å². The maximum atomic E-state index is 13.0. The molecule has 0 spiro atoms. The van der Waals surface area contributed by atoms with E-state index in [-0.39, 0.29) is 17.8 Å². The van der Waals surface area contributed by atoms with Crippen molar-refractivity contribution < 1.29 is 14.1 Å². The molecule has 1 aromatic carbocycles. The standard InChI is InChI=1S/C11H14FN3O3/c1-14(2)6-5-11(16)13-9-7-8(12)3-4-10(9)15(17)18/h3-4,7H,5-6H2,1-2H3,(H,13,16). The molecule has 1 rings (SSSR count). The number of nitro benzene ring substituents is 1. The number of nitrogens with one attached hydrogen (secondary N) is 1. The maximum Gasteiger partial charge on any atom is 0.292 e. The highest BCUT2D eigenvalue weighted by atomic mass is 19.1. The first kappa shape index (κ1) is 14.0. The molecule has 0 bridgehead atoms. The highest BCUT2D eigenvalue weighted by Crippen LogP contribution is 2.24. The Bertz CT molecular complexity index is 463. The summed E-state index contributed by atoms with van der Waals surface area (Å²) >= 11 is 0. The average Bonchev–Trinajstić information content (AvgIpc) is 2.26. The number of halogens is 1. The SMILES string of the molecule is CN(C)CCC(=O)Nc1cc(F)ccc1[N+](=O)[O-]. The third-order valence-electron chi connectivity index (χ3n) is 2.22. The van der Waals surface area contributed by atoms with E-state index < -0.39 is 16.6 Å². The number of benzene rings is 1. The zero-order valence-corrected chi connectivity index (χ0v) is 10.1. The van der Waals surface area contributed by atoms with Crippen LogP contribution in [0.2, 0.25) is 0 Å².